The topological polar surface area (TPSA) is 44.4 Å². The summed E-state index contributed by atoms with van der Waals surface area (Å²) in [5.74, 6) is -0.349. The molecule has 1 aromatic carbocycles. The number of halogens is 1. The van der Waals surface area contributed by atoms with Crippen molar-refractivity contribution in [2.75, 3.05) is 31.5 Å². The lowest BCUT2D eigenvalue weighted by Crippen LogP contribution is -2.48. The maximum atomic E-state index is 12.9. The molecule has 1 aliphatic heterocycles. The van der Waals surface area contributed by atoms with Crippen LogP contribution in [0.4, 0.5) is 14.9 Å². The molecule has 0 radical (unpaired) electrons. The van der Waals surface area contributed by atoms with Crippen LogP contribution in [0.2, 0.25) is 0 Å². The molecule has 0 bridgehead atoms. The van der Waals surface area contributed by atoms with Gasteiger partial charge in [-0.15, -0.1) is 0 Å². The molecular weight excluding hydrogens is 209 g/mol. The number of urea groups is 1. The van der Waals surface area contributed by atoms with Crippen molar-refractivity contribution in [1.29, 1.82) is 0 Å². The Kier molecular flexibility index (Phi) is 3.36. The van der Waals surface area contributed by atoms with Gasteiger partial charge < -0.3 is 15.5 Å². The van der Waals surface area contributed by atoms with Crippen LogP contribution in [0.15, 0.2) is 24.3 Å². The molecule has 2 amide bonds. The van der Waals surface area contributed by atoms with E-state index in [2.05, 4.69) is 10.6 Å². The van der Waals surface area contributed by atoms with Crippen molar-refractivity contribution in [3.63, 3.8) is 0 Å². The summed E-state index contributed by atoms with van der Waals surface area (Å²) in [5, 5.41) is 5.83. The van der Waals surface area contributed by atoms with E-state index in [-0.39, 0.29) is 11.8 Å². The standard InChI is InChI=1S/C11H14FN3O/c12-9-2-1-3-10(8-9)14-11(16)15-6-4-13-5-7-15/h1-3,8,13H,4-7H2,(H,14,16). The molecule has 5 heteroatoms. The van der Waals surface area contributed by atoms with Crippen molar-refractivity contribution in [2.45, 2.75) is 0 Å². The third kappa shape index (κ3) is 2.70. The Morgan fingerprint density at radius 3 is 2.81 bits per heavy atom. The third-order valence-corrected chi connectivity index (χ3v) is 2.48. The molecule has 0 atom stereocenters. The molecule has 2 N–H and O–H groups in total. The van der Waals surface area contributed by atoms with Crippen LogP contribution in [0.5, 0.6) is 0 Å². The zero-order chi connectivity index (χ0) is 11.4. The molecular formula is C11H14FN3O. The van der Waals surface area contributed by atoms with Crippen LogP contribution < -0.4 is 10.6 Å². The van der Waals surface area contributed by atoms with E-state index in [4.69, 9.17) is 0 Å². The molecule has 2 rings (SSSR count). The van der Waals surface area contributed by atoms with Gasteiger partial charge in [0.2, 0.25) is 0 Å². The number of hydrogen-bond donors (Lipinski definition) is 2. The van der Waals surface area contributed by atoms with Gasteiger partial charge in [0.25, 0.3) is 0 Å². The number of nitrogens with one attached hydrogen (secondary N) is 2. The number of carbonyl (C=O) groups excluding carboxylic acids is 1. The van der Waals surface area contributed by atoms with Gasteiger partial charge in [-0.25, -0.2) is 9.18 Å². The SMILES string of the molecule is O=C(Nc1cccc(F)c1)N1CCNCC1. The van der Waals surface area contributed by atoms with Gasteiger partial charge in [0.1, 0.15) is 5.82 Å². The lowest BCUT2D eigenvalue weighted by molar-refractivity contribution is 0.204. The van der Waals surface area contributed by atoms with Gasteiger partial charge in [-0.2, -0.15) is 0 Å². The summed E-state index contributed by atoms with van der Waals surface area (Å²) in [6.07, 6.45) is 0. The van der Waals surface area contributed by atoms with Crippen LogP contribution in [0.3, 0.4) is 0 Å². The predicted molar refractivity (Wildman–Crippen MR) is 59.9 cm³/mol. The number of amides is 2. The zero-order valence-electron chi connectivity index (χ0n) is 8.87. The van der Waals surface area contributed by atoms with E-state index in [1.54, 1.807) is 17.0 Å². The first kappa shape index (κ1) is 10.9. The molecule has 0 saturated carbocycles. The molecule has 0 spiro atoms. The van der Waals surface area contributed by atoms with Gasteiger partial charge >= 0.3 is 6.03 Å². The minimum atomic E-state index is -0.349. The molecule has 1 saturated heterocycles. The van der Waals surface area contributed by atoms with E-state index in [1.807, 2.05) is 0 Å². The van der Waals surface area contributed by atoms with Crippen molar-refractivity contribution in [3.05, 3.63) is 30.1 Å². The summed E-state index contributed by atoms with van der Waals surface area (Å²) in [6, 6.07) is 5.72. The third-order valence-electron chi connectivity index (χ3n) is 2.48. The van der Waals surface area contributed by atoms with Crippen molar-refractivity contribution >= 4 is 11.7 Å². The maximum Gasteiger partial charge on any atom is 0.321 e. The number of piperazine rings is 1. The Morgan fingerprint density at radius 1 is 1.38 bits per heavy atom. The van der Waals surface area contributed by atoms with Crippen LogP contribution in [-0.4, -0.2) is 37.1 Å². The summed E-state index contributed by atoms with van der Waals surface area (Å²) in [5.41, 5.74) is 0.489. The number of hydrogen-bond acceptors (Lipinski definition) is 2. The maximum absolute atomic E-state index is 12.9. The first-order valence-corrected chi connectivity index (χ1v) is 5.28. The Labute approximate surface area is 93.4 Å². The summed E-state index contributed by atoms with van der Waals surface area (Å²) >= 11 is 0. The number of nitrogens with zero attached hydrogens (tertiary/aromatic N) is 1. The molecule has 1 heterocycles. The summed E-state index contributed by atoms with van der Waals surface area (Å²) in [7, 11) is 0. The second-order valence-corrected chi connectivity index (χ2v) is 3.68. The smallest absolute Gasteiger partial charge is 0.321 e. The normalized spacial score (nSPS) is 15.9. The first-order chi connectivity index (χ1) is 7.75. The number of carbonyl (C=O) groups is 1. The van der Waals surface area contributed by atoms with Crippen molar-refractivity contribution in [2.24, 2.45) is 0 Å². The summed E-state index contributed by atoms with van der Waals surface area (Å²) in [6.45, 7) is 2.97. The van der Waals surface area contributed by atoms with Gasteiger partial charge in [-0.3, -0.25) is 0 Å². The molecule has 0 unspecified atom stereocenters. The minimum absolute atomic E-state index is 0.174. The minimum Gasteiger partial charge on any atom is -0.322 e. The Morgan fingerprint density at radius 2 is 2.12 bits per heavy atom. The Balaban J connectivity index is 1.96. The highest BCUT2D eigenvalue weighted by Crippen LogP contribution is 2.10. The fraction of sp³-hybridized carbons (Fsp3) is 0.364. The predicted octanol–water partition coefficient (Wildman–Crippen LogP) is 1.26. The Hall–Kier alpha value is -1.62. The van der Waals surface area contributed by atoms with E-state index in [1.165, 1.54) is 12.1 Å². The van der Waals surface area contributed by atoms with Crippen LogP contribution >= 0.6 is 0 Å². The average molecular weight is 223 g/mol. The van der Waals surface area contributed by atoms with Crippen LogP contribution in [-0.2, 0) is 0 Å². The number of rotatable bonds is 1. The first-order valence-electron chi connectivity index (χ1n) is 5.28. The largest absolute Gasteiger partial charge is 0.322 e. The fourth-order valence-electron chi connectivity index (χ4n) is 1.64. The van der Waals surface area contributed by atoms with Crippen molar-refractivity contribution in [1.82, 2.24) is 10.2 Å². The van der Waals surface area contributed by atoms with Crippen LogP contribution in [0.1, 0.15) is 0 Å². The Bertz CT molecular complexity index is 377. The second-order valence-electron chi connectivity index (χ2n) is 3.68. The second kappa shape index (κ2) is 4.94. The molecule has 0 aliphatic carbocycles. The van der Waals surface area contributed by atoms with E-state index in [9.17, 15) is 9.18 Å². The number of benzene rings is 1. The lowest BCUT2D eigenvalue weighted by atomic mass is 10.3. The zero-order valence-corrected chi connectivity index (χ0v) is 8.87. The molecule has 1 aliphatic rings. The van der Waals surface area contributed by atoms with E-state index >= 15 is 0 Å². The molecule has 16 heavy (non-hydrogen) atoms. The fourth-order valence-corrected chi connectivity index (χ4v) is 1.64. The highest BCUT2D eigenvalue weighted by molar-refractivity contribution is 5.89. The van der Waals surface area contributed by atoms with E-state index in [0.717, 1.165) is 13.1 Å². The highest BCUT2D eigenvalue weighted by Gasteiger charge is 2.15. The van der Waals surface area contributed by atoms with Gasteiger partial charge in [-0.1, -0.05) is 6.07 Å². The summed E-state index contributed by atoms with van der Waals surface area (Å²) in [4.78, 5) is 13.5. The highest BCUT2D eigenvalue weighted by atomic mass is 19.1. The van der Waals surface area contributed by atoms with Crippen LogP contribution in [0, 0.1) is 5.82 Å². The van der Waals surface area contributed by atoms with Gasteiger partial charge in [0.05, 0.1) is 0 Å². The monoisotopic (exact) mass is 223 g/mol. The molecule has 86 valence electrons. The van der Waals surface area contributed by atoms with Crippen molar-refractivity contribution in [3.8, 4) is 0 Å². The lowest BCUT2D eigenvalue weighted by Gasteiger charge is -2.27. The number of anilines is 1. The van der Waals surface area contributed by atoms with Crippen LogP contribution in [0.25, 0.3) is 0 Å². The quantitative estimate of drug-likeness (QED) is 0.753. The van der Waals surface area contributed by atoms with E-state index < -0.39 is 0 Å². The molecule has 0 aromatic heterocycles. The summed E-state index contributed by atoms with van der Waals surface area (Å²) < 4.78 is 12.9. The van der Waals surface area contributed by atoms with Crippen molar-refractivity contribution < 1.29 is 9.18 Å². The van der Waals surface area contributed by atoms with Gasteiger partial charge in [-0.05, 0) is 18.2 Å². The average Bonchev–Trinajstić information content (AvgIpc) is 2.30. The molecule has 1 fully saturated rings. The molecule has 4 nitrogen and oxygen atoms in total. The van der Waals surface area contributed by atoms with E-state index in [0.29, 0.717) is 18.8 Å². The molecule has 1 aromatic rings. The van der Waals surface area contributed by atoms with Gasteiger partial charge in [0, 0.05) is 31.9 Å². The van der Waals surface area contributed by atoms with Gasteiger partial charge in [0.15, 0.2) is 0 Å².